The number of H-pyrrole nitrogens is 1. The molecule has 6 nitrogen and oxygen atoms in total. The van der Waals surface area contributed by atoms with Gasteiger partial charge in [-0.25, -0.2) is 4.79 Å². The Labute approximate surface area is 164 Å². The molecule has 0 aliphatic carbocycles. The number of carbonyl (C=O) groups excluding carboxylic acids is 1. The van der Waals surface area contributed by atoms with Crippen molar-refractivity contribution in [3.63, 3.8) is 0 Å². The fourth-order valence-corrected chi connectivity index (χ4v) is 3.04. The summed E-state index contributed by atoms with van der Waals surface area (Å²) in [5.41, 5.74) is 11.9. The number of aryl methyl sites for hydroxylation is 1. The highest BCUT2D eigenvalue weighted by atomic mass is 16.5. The predicted octanol–water partition coefficient (Wildman–Crippen LogP) is 4.23. The van der Waals surface area contributed by atoms with E-state index in [0.717, 1.165) is 22.4 Å². The summed E-state index contributed by atoms with van der Waals surface area (Å²) in [5, 5.41) is 12.5. The van der Waals surface area contributed by atoms with Gasteiger partial charge in [-0.1, -0.05) is 30.3 Å². The van der Waals surface area contributed by atoms with Crippen molar-refractivity contribution in [3.8, 4) is 17.2 Å². The minimum absolute atomic E-state index is 0.303. The molecule has 3 rings (SSSR count). The van der Waals surface area contributed by atoms with E-state index in [1.165, 1.54) is 0 Å². The van der Waals surface area contributed by atoms with Crippen LogP contribution in [0.5, 0.6) is 0 Å². The summed E-state index contributed by atoms with van der Waals surface area (Å²) in [4.78, 5) is 15.2. The van der Waals surface area contributed by atoms with Crippen molar-refractivity contribution in [2.45, 2.75) is 20.4 Å². The summed E-state index contributed by atoms with van der Waals surface area (Å²) < 4.78 is 5.10. The number of nitrogen functional groups attached to an aromatic ring is 1. The van der Waals surface area contributed by atoms with E-state index in [2.05, 4.69) is 16.4 Å². The molecular formula is C22H22N4O2. The molecule has 0 amide bonds. The normalized spacial score (nSPS) is 10.3. The molecule has 0 aliphatic rings. The molecule has 1 aromatic heterocycles. The minimum atomic E-state index is -0.403. The third-order valence-corrected chi connectivity index (χ3v) is 4.39. The molecular weight excluding hydrogens is 352 g/mol. The number of nitrogens with two attached hydrogens (primary N) is 1. The second kappa shape index (κ2) is 8.31. The number of para-hydroxylation sites is 1. The molecule has 0 saturated heterocycles. The zero-order chi connectivity index (χ0) is 20.1. The first-order chi connectivity index (χ1) is 13.5. The molecule has 0 aliphatic heterocycles. The summed E-state index contributed by atoms with van der Waals surface area (Å²) in [5.74, 6) is -0.403. The lowest BCUT2D eigenvalue weighted by molar-refractivity contribution is 0.0527. The maximum absolute atomic E-state index is 12.1. The first-order valence-corrected chi connectivity index (χ1v) is 9.02. The van der Waals surface area contributed by atoms with E-state index in [1.54, 1.807) is 25.1 Å². The highest BCUT2D eigenvalue weighted by molar-refractivity contribution is 5.98. The number of esters is 1. The molecule has 2 aromatic carbocycles. The smallest absolute Gasteiger partial charge is 0.340 e. The van der Waals surface area contributed by atoms with Crippen molar-refractivity contribution in [2.24, 2.45) is 0 Å². The summed E-state index contributed by atoms with van der Waals surface area (Å²) in [7, 11) is 0. The predicted molar refractivity (Wildman–Crippen MR) is 110 cm³/mol. The van der Waals surface area contributed by atoms with Gasteiger partial charge in [-0.05, 0) is 43.2 Å². The summed E-state index contributed by atoms with van der Waals surface area (Å²) in [6.45, 7) is 4.49. The van der Waals surface area contributed by atoms with Gasteiger partial charge in [0.2, 0.25) is 0 Å². The number of nitrogens with one attached hydrogen (secondary N) is 2. The number of hydrogen-bond donors (Lipinski definition) is 3. The summed E-state index contributed by atoms with van der Waals surface area (Å²) in [6.07, 6.45) is 0. The molecule has 1 heterocycles. The molecule has 0 fully saturated rings. The molecule has 0 radical (unpaired) electrons. The second-order valence-corrected chi connectivity index (χ2v) is 6.39. The van der Waals surface area contributed by atoms with Crippen LogP contribution in [-0.2, 0) is 11.3 Å². The molecule has 0 bridgehead atoms. The molecule has 0 atom stereocenters. The first kappa shape index (κ1) is 19.1. The molecule has 4 N–H and O–H groups in total. The Kier molecular flexibility index (Phi) is 5.66. The number of ether oxygens (including phenoxy) is 1. The van der Waals surface area contributed by atoms with Crippen LogP contribution in [0, 0.1) is 18.3 Å². The van der Waals surface area contributed by atoms with Gasteiger partial charge in [-0.3, -0.25) is 0 Å². The molecule has 0 spiro atoms. The molecule has 0 unspecified atom stereocenters. The van der Waals surface area contributed by atoms with Gasteiger partial charge in [0.15, 0.2) is 0 Å². The largest absolute Gasteiger partial charge is 0.462 e. The highest BCUT2D eigenvalue weighted by Gasteiger charge is 2.15. The maximum Gasteiger partial charge on any atom is 0.340 e. The fraction of sp³-hybridized carbons (Fsp3) is 0.182. The van der Waals surface area contributed by atoms with Crippen LogP contribution < -0.4 is 11.1 Å². The van der Waals surface area contributed by atoms with E-state index in [1.807, 2.05) is 37.3 Å². The number of rotatable bonds is 6. The van der Waals surface area contributed by atoms with Gasteiger partial charge in [0, 0.05) is 17.8 Å². The number of carbonyl (C=O) groups is 1. The number of nitrogens with zero attached hydrogens (tertiary/aromatic N) is 1. The van der Waals surface area contributed by atoms with Gasteiger partial charge in [-0.2, -0.15) is 5.26 Å². The average molecular weight is 374 g/mol. The van der Waals surface area contributed by atoms with E-state index in [0.29, 0.717) is 35.8 Å². The second-order valence-electron chi connectivity index (χ2n) is 6.39. The van der Waals surface area contributed by atoms with Gasteiger partial charge in [-0.15, -0.1) is 0 Å². The van der Waals surface area contributed by atoms with Crippen LogP contribution in [0.4, 0.5) is 11.4 Å². The van der Waals surface area contributed by atoms with Crippen molar-refractivity contribution >= 4 is 17.3 Å². The molecule has 0 saturated carbocycles. The number of anilines is 2. The molecule has 3 aromatic rings. The number of nitriles is 1. The monoisotopic (exact) mass is 374 g/mol. The zero-order valence-corrected chi connectivity index (χ0v) is 15.9. The van der Waals surface area contributed by atoms with Crippen molar-refractivity contribution in [2.75, 3.05) is 17.7 Å². The number of hydrogen-bond acceptors (Lipinski definition) is 5. The van der Waals surface area contributed by atoms with Crippen LogP contribution in [0.3, 0.4) is 0 Å². The maximum atomic E-state index is 12.1. The summed E-state index contributed by atoms with van der Waals surface area (Å²) >= 11 is 0. The highest BCUT2D eigenvalue weighted by Crippen LogP contribution is 2.27. The van der Waals surface area contributed by atoms with Gasteiger partial charge in [0.25, 0.3) is 0 Å². The summed E-state index contributed by atoms with van der Waals surface area (Å²) in [6, 6.07) is 17.2. The van der Waals surface area contributed by atoms with Crippen LogP contribution in [0.25, 0.3) is 11.1 Å². The SMILES string of the molecule is CCOC(=O)c1cccc(N)c1NCc1ccc(-c2cc(C)[nH]c2C#N)cc1. The standard InChI is InChI=1S/C22H22N4O2/c1-3-28-22(27)17-5-4-6-19(24)21(17)25-13-15-7-9-16(10-8-15)18-11-14(2)26-20(18)12-23/h4-11,25-26H,3,13,24H2,1-2H3. The van der Waals surface area contributed by atoms with Gasteiger partial charge < -0.3 is 20.8 Å². The Morgan fingerprint density at radius 2 is 2.00 bits per heavy atom. The molecule has 142 valence electrons. The number of aromatic nitrogens is 1. The lowest BCUT2D eigenvalue weighted by Crippen LogP contribution is -2.11. The van der Waals surface area contributed by atoms with Crippen LogP contribution in [0.1, 0.15) is 34.2 Å². The first-order valence-electron chi connectivity index (χ1n) is 9.02. The molecule has 28 heavy (non-hydrogen) atoms. The minimum Gasteiger partial charge on any atom is -0.462 e. The zero-order valence-electron chi connectivity index (χ0n) is 15.9. The lowest BCUT2D eigenvalue weighted by atomic mass is 10.0. The van der Waals surface area contributed by atoms with Crippen LogP contribution in [0.15, 0.2) is 48.5 Å². The van der Waals surface area contributed by atoms with Crippen molar-refractivity contribution in [1.82, 2.24) is 4.98 Å². The third kappa shape index (κ3) is 3.99. The fourth-order valence-electron chi connectivity index (χ4n) is 3.04. The number of benzene rings is 2. The molecule has 6 heteroatoms. The number of aromatic amines is 1. The van der Waals surface area contributed by atoms with E-state index in [9.17, 15) is 10.1 Å². The van der Waals surface area contributed by atoms with Crippen LogP contribution in [0.2, 0.25) is 0 Å². The van der Waals surface area contributed by atoms with E-state index in [-0.39, 0.29) is 0 Å². The Bertz CT molecular complexity index is 1030. The van der Waals surface area contributed by atoms with Gasteiger partial charge >= 0.3 is 5.97 Å². The van der Waals surface area contributed by atoms with Crippen molar-refractivity contribution in [1.29, 1.82) is 5.26 Å². The van der Waals surface area contributed by atoms with E-state index < -0.39 is 5.97 Å². The topological polar surface area (TPSA) is 104 Å². The van der Waals surface area contributed by atoms with E-state index >= 15 is 0 Å². The van der Waals surface area contributed by atoms with E-state index in [4.69, 9.17) is 10.5 Å². The Balaban J connectivity index is 1.78. The third-order valence-electron chi connectivity index (χ3n) is 4.39. The lowest BCUT2D eigenvalue weighted by Gasteiger charge is -2.14. The van der Waals surface area contributed by atoms with Crippen LogP contribution >= 0.6 is 0 Å². The Morgan fingerprint density at radius 1 is 1.25 bits per heavy atom. The Hall–Kier alpha value is -3.72. The van der Waals surface area contributed by atoms with Gasteiger partial charge in [0.05, 0.1) is 23.5 Å². The van der Waals surface area contributed by atoms with Crippen molar-refractivity contribution < 1.29 is 9.53 Å². The van der Waals surface area contributed by atoms with Crippen LogP contribution in [-0.4, -0.2) is 17.6 Å². The van der Waals surface area contributed by atoms with Gasteiger partial charge in [0.1, 0.15) is 11.8 Å². The average Bonchev–Trinajstić information content (AvgIpc) is 3.08. The van der Waals surface area contributed by atoms with Crippen molar-refractivity contribution in [3.05, 3.63) is 71.0 Å². The quantitative estimate of drug-likeness (QED) is 0.442. The Morgan fingerprint density at radius 3 is 2.68 bits per heavy atom.